The number of hydrogen-bond donors (Lipinski definition) is 1. The molecular formula is C22H27BO5. The van der Waals surface area contributed by atoms with Gasteiger partial charge in [-0.2, -0.15) is 0 Å². The van der Waals surface area contributed by atoms with E-state index in [-0.39, 0.29) is 6.42 Å². The van der Waals surface area contributed by atoms with Crippen LogP contribution in [0.3, 0.4) is 0 Å². The van der Waals surface area contributed by atoms with Crippen molar-refractivity contribution in [3.05, 3.63) is 65.7 Å². The first kappa shape index (κ1) is 20.4. The minimum Gasteiger partial charge on any atom is -0.489 e. The Bertz CT molecular complexity index is 803. The lowest BCUT2D eigenvalue weighted by molar-refractivity contribution is -0.137. The Labute approximate surface area is 166 Å². The van der Waals surface area contributed by atoms with Gasteiger partial charge >= 0.3 is 13.1 Å². The smallest absolute Gasteiger partial charge is 0.466 e. The number of ether oxygens (including phenoxy) is 1. The van der Waals surface area contributed by atoms with Gasteiger partial charge in [-0.3, -0.25) is 4.79 Å². The van der Waals surface area contributed by atoms with E-state index in [1.807, 2.05) is 82.3 Å². The quantitative estimate of drug-likeness (QED) is 0.717. The molecule has 2 aromatic rings. The van der Waals surface area contributed by atoms with E-state index in [1.165, 1.54) is 0 Å². The van der Waals surface area contributed by atoms with Crippen molar-refractivity contribution < 1.29 is 23.9 Å². The molecule has 0 aromatic heterocycles. The Balaban J connectivity index is 1.80. The predicted molar refractivity (Wildman–Crippen MR) is 108 cm³/mol. The maximum absolute atomic E-state index is 11.5. The molecule has 0 radical (unpaired) electrons. The predicted octanol–water partition coefficient (Wildman–Crippen LogP) is 4.46. The van der Waals surface area contributed by atoms with E-state index in [2.05, 4.69) is 0 Å². The van der Waals surface area contributed by atoms with Crippen LogP contribution in [0.4, 0.5) is 0 Å². The highest BCUT2D eigenvalue weighted by Gasteiger charge is 2.54. The summed E-state index contributed by atoms with van der Waals surface area (Å²) in [6.45, 7) is 8.30. The van der Waals surface area contributed by atoms with Crippen molar-refractivity contribution in [2.45, 2.75) is 57.7 Å². The normalized spacial score (nSPS) is 18.6. The average molecular weight is 382 g/mol. The minimum atomic E-state index is -0.893. The Morgan fingerprint density at radius 2 is 1.68 bits per heavy atom. The van der Waals surface area contributed by atoms with Gasteiger partial charge < -0.3 is 19.2 Å². The van der Waals surface area contributed by atoms with Crippen LogP contribution in [0.5, 0.6) is 5.75 Å². The number of carbonyl (C=O) groups is 1. The zero-order valence-corrected chi connectivity index (χ0v) is 16.8. The molecule has 148 valence electrons. The Kier molecular flexibility index (Phi) is 5.82. The molecule has 1 atom stereocenters. The lowest BCUT2D eigenvalue weighted by Gasteiger charge is -2.32. The van der Waals surface area contributed by atoms with Crippen LogP contribution in [-0.2, 0) is 20.7 Å². The number of carboxylic acids is 1. The third kappa shape index (κ3) is 4.57. The molecule has 3 rings (SSSR count). The third-order valence-corrected chi connectivity index (χ3v) is 5.53. The molecule has 0 saturated carbocycles. The molecule has 1 heterocycles. The summed E-state index contributed by atoms with van der Waals surface area (Å²) in [5, 5.41) is 9.44. The molecule has 6 heteroatoms. The molecule has 1 N–H and O–H groups in total. The highest BCUT2D eigenvalue weighted by atomic mass is 16.7. The van der Waals surface area contributed by atoms with Crippen LogP contribution < -0.4 is 4.74 Å². The first-order valence-corrected chi connectivity index (χ1v) is 9.52. The molecule has 1 aliphatic rings. The third-order valence-electron chi connectivity index (χ3n) is 5.53. The van der Waals surface area contributed by atoms with Crippen molar-refractivity contribution in [1.29, 1.82) is 0 Å². The van der Waals surface area contributed by atoms with Gasteiger partial charge in [0.25, 0.3) is 0 Å². The maximum Gasteiger partial charge on any atom is 0.466 e. The van der Waals surface area contributed by atoms with E-state index < -0.39 is 30.1 Å². The summed E-state index contributed by atoms with van der Waals surface area (Å²) in [5.41, 5.74) is 0.860. The van der Waals surface area contributed by atoms with E-state index in [4.69, 9.17) is 14.0 Å². The first-order valence-electron chi connectivity index (χ1n) is 9.52. The van der Waals surface area contributed by atoms with Crippen molar-refractivity contribution in [3.8, 4) is 5.75 Å². The molecule has 1 aliphatic heterocycles. The van der Waals surface area contributed by atoms with Crippen molar-refractivity contribution in [2.24, 2.45) is 0 Å². The monoisotopic (exact) mass is 382 g/mol. The molecule has 1 saturated heterocycles. The van der Waals surface area contributed by atoms with Crippen LogP contribution in [0.15, 0.2) is 54.6 Å². The summed E-state index contributed by atoms with van der Waals surface area (Å²) in [5.74, 6) is -0.637. The van der Waals surface area contributed by atoms with Crippen molar-refractivity contribution in [3.63, 3.8) is 0 Å². The van der Waals surface area contributed by atoms with Crippen LogP contribution >= 0.6 is 0 Å². The fraction of sp³-hybridized carbons (Fsp3) is 0.409. The Hall–Kier alpha value is -2.31. The molecule has 0 amide bonds. The highest BCUT2D eigenvalue weighted by Crippen LogP contribution is 2.42. The summed E-state index contributed by atoms with van der Waals surface area (Å²) in [6.07, 6.45) is -0.0844. The summed E-state index contributed by atoms with van der Waals surface area (Å²) < 4.78 is 18.2. The van der Waals surface area contributed by atoms with Crippen LogP contribution in [0.1, 0.15) is 51.1 Å². The summed E-state index contributed by atoms with van der Waals surface area (Å²) in [4.78, 5) is 11.5. The lowest BCUT2D eigenvalue weighted by Crippen LogP contribution is -2.41. The molecular weight excluding hydrogens is 355 g/mol. The van der Waals surface area contributed by atoms with E-state index in [1.54, 1.807) is 0 Å². The van der Waals surface area contributed by atoms with Crippen LogP contribution in [0, 0.1) is 0 Å². The number of carboxylic acid groups (broad SMARTS) is 1. The average Bonchev–Trinajstić information content (AvgIpc) is 2.86. The van der Waals surface area contributed by atoms with Crippen LogP contribution in [0.25, 0.3) is 0 Å². The fourth-order valence-electron chi connectivity index (χ4n) is 3.19. The molecule has 1 fully saturated rings. The lowest BCUT2D eigenvalue weighted by atomic mass is 9.66. The Morgan fingerprint density at radius 3 is 2.29 bits per heavy atom. The van der Waals surface area contributed by atoms with E-state index >= 15 is 0 Å². The van der Waals surface area contributed by atoms with Gasteiger partial charge in [0.15, 0.2) is 0 Å². The van der Waals surface area contributed by atoms with Gasteiger partial charge in [0.2, 0.25) is 0 Å². The van der Waals surface area contributed by atoms with Crippen LogP contribution in [0.2, 0.25) is 0 Å². The molecule has 2 aromatic carbocycles. The molecule has 1 unspecified atom stereocenters. The number of aliphatic carboxylic acids is 1. The molecule has 0 spiro atoms. The number of rotatable bonds is 7. The molecule has 0 bridgehead atoms. The topological polar surface area (TPSA) is 65.0 Å². The van der Waals surface area contributed by atoms with Crippen molar-refractivity contribution in [1.82, 2.24) is 0 Å². The van der Waals surface area contributed by atoms with E-state index in [0.717, 1.165) is 11.1 Å². The summed E-state index contributed by atoms with van der Waals surface area (Å²) in [6, 6.07) is 17.4. The zero-order valence-electron chi connectivity index (χ0n) is 16.8. The first-order chi connectivity index (χ1) is 13.2. The van der Waals surface area contributed by atoms with Gasteiger partial charge in [-0.05, 0) is 51.0 Å². The van der Waals surface area contributed by atoms with Gasteiger partial charge in [0.1, 0.15) is 12.4 Å². The molecule has 0 aliphatic carbocycles. The van der Waals surface area contributed by atoms with Crippen LogP contribution in [-0.4, -0.2) is 29.4 Å². The largest absolute Gasteiger partial charge is 0.489 e. The summed E-state index contributed by atoms with van der Waals surface area (Å²) in [7, 11) is -0.634. The SMILES string of the molecule is CC1(C)OB(C(CC(=O)O)c2cccc(OCc3ccccc3)c2)OC1(C)C. The van der Waals surface area contributed by atoms with Crippen molar-refractivity contribution >= 4 is 13.1 Å². The van der Waals surface area contributed by atoms with Gasteiger partial charge in [-0.15, -0.1) is 0 Å². The van der Waals surface area contributed by atoms with Crippen molar-refractivity contribution in [2.75, 3.05) is 0 Å². The van der Waals surface area contributed by atoms with Gasteiger partial charge in [-0.25, -0.2) is 0 Å². The number of hydrogen-bond acceptors (Lipinski definition) is 4. The second kappa shape index (κ2) is 7.98. The zero-order chi connectivity index (χ0) is 20.4. The Morgan fingerprint density at radius 1 is 1.04 bits per heavy atom. The van der Waals surface area contributed by atoms with Gasteiger partial charge in [-0.1, -0.05) is 42.5 Å². The number of benzene rings is 2. The maximum atomic E-state index is 11.5. The second-order valence-corrected chi connectivity index (χ2v) is 8.18. The fourth-order valence-corrected chi connectivity index (χ4v) is 3.19. The summed E-state index contributed by atoms with van der Waals surface area (Å²) >= 11 is 0. The van der Waals surface area contributed by atoms with E-state index in [0.29, 0.717) is 12.4 Å². The van der Waals surface area contributed by atoms with Gasteiger partial charge in [0.05, 0.1) is 17.6 Å². The van der Waals surface area contributed by atoms with Gasteiger partial charge in [0, 0.05) is 5.82 Å². The second-order valence-electron chi connectivity index (χ2n) is 8.18. The van der Waals surface area contributed by atoms with E-state index in [9.17, 15) is 9.90 Å². The highest BCUT2D eigenvalue weighted by molar-refractivity contribution is 6.48. The molecule has 5 nitrogen and oxygen atoms in total. The minimum absolute atomic E-state index is 0.0844. The standard InChI is InChI=1S/C22H27BO5/c1-21(2)22(3,4)28-23(27-21)19(14-20(24)25)17-11-8-12-18(13-17)26-15-16-9-6-5-7-10-16/h5-13,19H,14-15H2,1-4H3,(H,24,25). The molecule has 28 heavy (non-hydrogen) atoms.